The number of rotatable bonds is 7. The van der Waals surface area contributed by atoms with Crippen molar-refractivity contribution in [3.8, 4) is 22.2 Å². The summed E-state index contributed by atoms with van der Waals surface area (Å²) in [6.07, 6.45) is 0. The van der Waals surface area contributed by atoms with Gasteiger partial charge in [-0.25, -0.2) is 4.79 Å². The van der Waals surface area contributed by atoms with Crippen molar-refractivity contribution < 1.29 is 23.5 Å². The minimum absolute atomic E-state index is 0.0941. The summed E-state index contributed by atoms with van der Waals surface area (Å²) in [6.45, 7) is -0.304. The molecule has 2 heterocycles. The van der Waals surface area contributed by atoms with Gasteiger partial charge in [0.25, 0.3) is 5.89 Å². The molecule has 0 unspecified atom stereocenters. The predicted octanol–water partition coefficient (Wildman–Crippen LogP) is 2.93. The molecule has 0 spiro atoms. The molecule has 0 aliphatic carbocycles. The zero-order valence-electron chi connectivity index (χ0n) is 12.8. The molecule has 2 aromatic heterocycles. The Labute approximate surface area is 141 Å². The lowest BCUT2D eigenvalue weighted by molar-refractivity contribution is -0.148. The third-order valence-corrected chi connectivity index (χ3v) is 3.85. The first-order valence-electron chi connectivity index (χ1n) is 7.03. The van der Waals surface area contributed by atoms with Crippen LogP contribution in [0.3, 0.4) is 0 Å². The molecule has 0 atom stereocenters. The zero-order chi connectivity index (χ0) is 16.8. The second-order valence-corrected chi connectivity index (χ2v) is 5.56. The lowest BCUT2D eigenvalue weighted by Crippen LogP contribution is -2.14. The van der Waals surface area contributed by atoms with E-state index in [2.05, 4.69) is 10.1 Å². The first-order valence-corrected chi connectivity index (χ1v) is 7.91. The molecule has 0 N–H and O–H groups in total. The summed E-state index contributed by atoms with van der Waals surface area (Å²) in [5.41, 5.74) is 0. The third kappa shape index (κ3) is 4.11. The Morgan fingerprint density at radius 2 is 2.00 bits per heavy atom. The second kappa shape index (κ2) is 7.60. The van der Waals surface area contributed by atoms with Gasteiger partial charge in [-0.05, 0) is 35.7 Å². The summed E-state index contributed by atoms with van der Waals surface area (Å²) in [4.78, 5) is 16.7. The smallest absolute Gasteiger partial charge is 0.344 e. The molecule has 0 fully saturated rings. The van der Waals surface area contributed by atoms with Gasteiger partial charge in [-0.2, -0.15) is 4.98 Å². The summed E-state index contributed by atoms with van der Waals surface area (Å²) in [6, 6.07) is 10.7. The third-order valence-electron chi connectivity index (χ3n) is 2.98. The van der Waals surface area contributed by atoms with E-state index in [1.54, 1.807) is 31.4 Å². The Balaban J connectivity index is 1.45. The quantitative estimate of drug-likeness (QED) is 0.608. The number of methoxy groups -OCH3 is 1. The first-order chi connectivity index (χ1) is 11.7. The van der Waals surface area contributed by atoms with Crippen molar-refractivity contribution in [3.63, 3.8) is 0 Å². The van der Waals surface area contributed by atoms with Crippen molar-refractivity contribution >= 4 is 17.3 Å². The van der Waals surface area contributed by atoms with Crippen LogP contribution in [0.1, 0.15) is 5.89 Å². The van der Waals surface area contributed by atoms with Crippen molar-refractivity contribution in [1.29, 1.82) is 0 Å². The number of nitrogens with zero attached hydrogens (tertiary/aromatic N) is 2. The van der Waals surface area contributed by atoms with Crippen LogP contribution >= 0.6 is 11.3 Å². The van der Waals surface area contributed by atoms with E-state index < -0.39 is 5.97 Å². The molecule has 0 radical (unpaired) electrons. The van der Waals surface area contributed by atoms with Gasteiger partial charge in [-0.1, -0.05) is 11.2 Å². The molecule has 3 rings (SSSR count). The molecule has 0 amide bonds. The molecule has 0 saturated carbocycles. The van der Waals surface area contributed by atoms with Gasteiger partial charge in [-0.15, -0.1) is 11.3 Å². The highest BCUT2D eigenvalue weighted by atomic mass is 32.1. The van der Waals surface area contributed by atoms with Crippen LogP contribution in [0.2, 0.25) is 0 Å². The second-order valence-electron chi connectivity index (χ2n) is 4.61. The van der Waals surface area contributed by atoms with Crippen molar-refractivity contribution in [2.75, 3.05) is 13.7 Å². The average molecular weight is 346 g/mol. The molecule has 7 nitrogen and oxygen atoms in total. The molecule has 1 aromatic carbocycles. The highest BCUT2D eigenvalue weighted by molar-refractivity contribution is 7.13. The zero-order valence-corrected chi connectivity index (χ0v) is 13.6. The summed E-state index contributed by atoms with van der Waals surface area (Å²) < 4.78 is 20.5. The fourth-order valence-corrected chi connectivity index (χ4v) is 2.47. The van der Waals surface area contributed by atoms with E-state index >= 15 is 0 Å². The number of carbonyl (C=O) groups is 1. The van der Waals surface area contributed by atoms with Crippen LogP contribution in [0.15, 0.2) is 46.3 Å². The molecule has 0 saturated heterocycles. The minimum Gasteiger partial charge on any atom is -0.497 e. The SMILES string of the molecule is COc1ccc(OCC(=O)OCc2nc(-c3cccs3)no2)cc1. The summed E-state index contributed by atoms with van der Waals surface area (Å²) in [7, 11) is 1.58. The van der Waals surface area contributed by atoms with Crippen molar-refractivity contribution in [1.82, 2.24) is 10.1 Å². The Kier molecular flexibility index (Phi) is 5.07. The molecule has 0 bridgehead atoms. The topological polar surface area (TPSA) is 83.7 Å². The predicted molar refractivity (Wildman–Crippen MR) is 85.9 cm³/mol. The molecule has 8 heteroatoms. The van der Waals surface area contributed by atoms with Crippen LogP contribution in [0, 0.1) is 0 Å². The summed E-state index contributed by atoms with van der Waals surface area (Å²) in [5.74, 6) is 1.44. The maximum Gasteiger partial charge on any atom is 0.344 e. The molecular weight excluding hydrogens is 332 g/mol. The molecule has 124 valence electrons. The lowest BCUT2D eigenvalue weighted by Gasteiger charge is -2.06. The molecule has 24 heavy (non-hydrogen) atoms. The van der Waals surface area contributed by atoms with Crippen LogP contribution in [0.25, 0.3) is 10.7 Å². The number of carbonyl (C=O) groups excluding carboxylic acids is 1. The van der Waals surface area contributed by atoms with Gasteiger partial charge < -0.3 is 18.7 Å². The number of ether oxygens (including phenoxy) is 3. The fraction of sp³-hybridized carbons (Fsp3) is 0.188. The van der Waals surface area contributed by atoms with Gasteiger partial charge in [-0.3, -0.25) is 0 Å². The summed E-state index contributed by atoms with van der Waals surface area (Å²) in [5, 5.41) is 5.75. The fourth-order valence-electron chi connectivity index (χ4n) is 1.82. The van der Waals surface area contributed by atoms with E-state index in [4.69, 9.17) is 18.7 Å². The van der Waals surface area contributed by atoms with Crippen molar-refractivity contribution in [3.05, 3.63) is 47.7 Å². The monoisotopic (exact) mass is 346 g/mol. The van der Waals surface area contributed by atoms with Gasteiger partial charge >= 0.3 is 5.97 Å². The molecule has 3 aromatic rings. The van der Waals surface area contributed by atoms with Gasteiger partial charge in [0.2, 0.25) is 5.82 Å². The highest BCUT2D eigenvalue weighted by Crippen LogP contribution is 2.21. The van der Waals surface area contributed by atoms with E-state index in [-0.39, 0.29) is 19.1 Å². The average Bonchev–Trinajstić information content (AvgIpc) is 3.29. The van der Waals surface area contributed by atoms with Gasteiger partial charge in [0.05, 0.1) is 12.0 Å². The van der Waals surface area contributed by atoms with E-state index in [1.165, 1.54) is 11.3 Å². The van der Waals surface area contributed by atoms with Crippen LogP contribution < -0.4 is 9.47 Å². The number of aromatic nitrogens is 2. The maximum atomic E-state index is 11.7. The molecule has 0 aliphatic rings. The van der Waals surface area contributed by atoms with E-state index in [0.717, 1.165) is 4.88 Å². The lowest BCUT2D eigenvalue weighted by atomic mass is 10.3. The van der Waals surface area contributed by atoms with Crippen LogP contribution in [-0.4, -0.2) is 29.8 Å². The van der Waals surface area contributed by atoms with E-state index in [0.29, 0.717) is 17.3 Å². The number of esters is 1. The minimum atomic E-state index is -0.526. The van der Waals surface area contributed by atoms with Gasteiger partial charge in [0.15, 0.2) is 13.2 Å². The molecular formula is C16H14N2O5S. The number of thiophene rings is 1. The van der Waals surface area contributed by atoms with Crippen molar-refractivity contribution in [2.45, 2.75) is 6.61 Å². The standard InChI is InChI=1S/C16H14N2O5S/c1-20-11-4-6-12(7-5-11)21-10-15(19)22-9-14-17-16(18-23-14)13-3-2-8-24-13/h2-8H,9-10H2,1H3. The summed E-state index contributed by atoms with van der Waals surface area (Å²) >= 11 is 1.50. The number of hydrogen-bond donors (Lipinski definition) is 0. The largest absolute Gasteiger partial charge is 0.497 e. The Morgan fingerprint density at radius 1 is 1.21 bits per heavy atom. The number of benzene rings is 1. The van der Waals surface area contributed by atoms with Crippen LogP contribution in [0.5, 0.6) is 11.5 Å². The van der Waals surface area contributed by atoms with Crippen LogP contribution in [0.4, 0.5) is 0 Å². The Bertz CT molecular complexity index is 783. The normalized spacial score (nSPS) is 10.4. The van der Waals surface area contributed by atoms with Crippen molar-refractivity contribution in [2.24, 2.45) is 0 Å². The number of hydrogen-bond acceptors (Lipinski definition) is 8. The maximum absolute atomic E-state index is 11.7. The Morgan fingerprint density at radius 3 is 2.71 bits per heavy atom. The Hall–Kier alpha value is -2.87. The van der Waals surface area contributed by atoms with Gasteiger partial charge in [0.1, 0.15) is 11.5 Å². The van der Waals surface area contributed by atoms with Gasteiger partial charge in [0, 0.05) is 0 Å². The molecule has 0 aliphatic heterocycles. The first kappa shape index (κ1) is 16.0. The van der Waals surface area contributed by atoms with E-state index in [9.17, 15) is 4.79 Å². The van der Waals surface area contributed by atoms with E-state index in [1.807, 2.05) is 17.5 Å². The highest BCUT2D eigenvalue weighted by Gasteiger charge is 2.12. The van der Waals surface area contributed by atoms with Crippen LogP contribution in [-0.2, 0) is 16.1 Å².